The van der Waals surface area contributed by atoms with Gasteiger partial charge in [0.25, 0.3) is 5.91 Å². The van der Waals surface area contributed by atoms with Crippen molar-refractivity contribution in [1.82, 2.24) is 5.32 Å². The molecule has 1 unspecified atom stereocenters. The van der Waals surface area contributed by atoms with Crippen molar-refractivity contribution in [2.24, 2.45) is 5.10 Å². The molecule has 3 rings (SSSR count). The fraction of sp³-hybridized carbons (Fsp3) is 0.263. The van der Waals surface area contributed by atoms with Gasteiger partial charge in [-0.3, -0.25) is 9.80 Å². The second-order valence-electron chi connectivity index (χ2n) is 6.15. The molecule has 0 aromatic heterocycles. The monoisotopic (exact) mass is 359 g/mol. The molecule has 0 fully saturated rings. The Morgan fingerprint density at radius 1 is 1.23 bits per heavy atom. The number of anilines is 1. The van der Waals surface area contributed by atoms with Crippen molar-refractivity contribution >= 4 is 17.3 Å². The van der Waals surface area contributed by atoms with E-state index >= 15 is 0 Å². The van der Waals surface area contributed by atoms with E-state index in [0.29, 0.717) is 5.56 Å². The average Bonchev–Trinajstić information content (AvgIpc) is 3.08. The van der Waals surface area contributed by atoms with Crippen LogP contribution in [0.25, 0.3) is 0 Å². The first-order valence-electron chi connectivity index (χ1n) is 8.27. The number of nitrogens with one attached hydrogen (secondary N) is 1. The number of hydrazone groups is 1. The maximum atomic E-state index is 13.2. The third kappa shape index (κ3) is 4.05. The van der Waals surface area contributed by atoms with E-state index in [1.54, 1.807) is 12.1 Å². The highest BCUT2D eigenvalue weighted by Gasteiger charge is 2.15. The molecule has 0 saturated heterocycles. The van der Waals surface area contributed by atoms with Gasteiger partial charge in [0.15, 0.2) is 11.6 Å². The Morgan fingerprint density at radius 2 is 1.96 bits per heavy atom. The first-order chi connectivity index (χ1) is 12.4. The van der Waals surface area contributed by atoms with Gasteiger partial charge in [-0.1, -0.05) is 6.07 Å². The van der Waals surface area contributed by atoms with Crippen molar-refractivity contribution in [3.63, 3.8) is 0 Å². The molecular weight excluding hydrogens is 340 g/mol. The zero-order valence-corrected chi connectivity index (χ0v) is 14.2. The van der Waals surface area contributed by atoms with Crippen LogP contribution in [0, 0.1) is 11.6 Å². The first kappa shape index (κ1) is 18.0. The summed E-state index contributed by atoms with van der Waals surface area (Å²) < 4.78 is 26.1. The van der Waals surface area contributed by atoms with Crippen LogP contribution in [0.5, 0.6) is 0 Å². The third-order valence-corrected chi connectivity index (χ3v) is 4.19. The van der Waals surface area contributed by atoms with Gasteiger partial charge >= 0.3 is 0 Å². The summed E-state index contributed by atoms with van der Waals surface area (Å²) in [4.78, 5) is 12.2. The smallest absolute Gasteiger partial charge is 0.251 e. The van der Waals surface area contributed by atoms with E-state index in [0.717, 1.165) is 36.5 Å². The molecule has 1 heterocycles. The Morgan fingerprint density at radius 3 is 2.58 bits per heavy atom. The van der Waals surface area contributed by atoms with Crippen molar-refractivity contribution in [1.29, 1.82) is 0 Å². The molecular formula is C19H19F2N3O2. The molecule has 136 valence electrons. The van der Waals surface area contributed by atoms with E-state index < -0.39 is 17.7 Å². The number of rotatable bonds is 5. The number of benzene rings is 2. The highest BCUT2D eigenvalue weighted by atomic mass is 19.2. The van der Waals surface area contributed by atoms with E-state index in [2.05, 4.69) is 10.4 Å². The van der Waals surface area contributed by atoms with Gasteiger partial charge in [0.1, 0.15) is 0 Å². The molecule has 0 bridgehead atoms. The number of carbonyl (C=O) groups excluding carboxylic acids is 1. The van der Waals surface area contributed by atoms with Gasteiger partial charge in [-0.25, -0.2) is 8.78 Å². The molecule has 2 aromatic carbocycles. The fourth-order valence-electron chi connectivity index (χ4n) is 2.67. The quantitative estimate of drug-likeness (QED) is 0.863. The molecule has 0 saturated carbocycles. The predicted molar refractivity (Wildman–Crippen MR) is 95.2 cm³/mol. The predicted octanol–water partition coefficient (Wildman–Crippen LogP) is 3.01. The summed E-state index contributed by atoms with van der Waals surface area (Å²) in [5, 5.41) is 18.9. The number of aliphatic hydroxyl groups is 1. The molecule has 5 nitrogen and oxygen atoms in total. The number of hydrogen-bond acceptors (Lipinski definition) is 4. The van der Waals surface area contributed by atoms with Crippen LogP contribution in [0.1, 0.15) is 35.4 Å². The summed E-state index contributed by atoms with van der Waals surface area (Å²) in [7, 11) is 0. The lowest BCUT2D eigenvalue weighted by Crippen LogP contribution is -2.28. The lowest BCUT2D eigenvalue weighted by atomic mass is 10.1. The maximum Gasteiger partial charge on any atom is 0.251 e. The zero-order chi connectivity index (χ0) is 18.7. The normalized spacial score (nSPS) is 14.9. The number of carbonyl (C=O) groups is 1. The zero-order valence-electron chi connectivity index (χ0n) is 14.2. The average molecular weight is 359 g/mol. The van der Waals surface area contributed by atoms with E-state index in [-0.39, 0.29) is 18.0 Å². The summed E-state index contributed by atoms with van der Waals surface area (Å²) in [6.07, 6.45) is -0.209. The van der Waals surface area contributed by atoms with Gasteiger partial charge in [0, 0.05) is 30.8 Å². The Balaban J connectivity index is 1.58. The van der Waals surface area contributed by atoms with Crippen molar-refractivity contribution in [3.8, 4) is 0 Å². The molecule has 1 aliphatic rings. The fourth-order valence-corrected chi connectivity index (χ4v) is 2.67. The third-order valence-electron chi connectivity index (χ3n) is 4.19. The minimum Gasteiger partial charge on any atom is -0.387 e. The Kier molecular flexibility index (Phi) is 5.27. The number of hydrogen-bond donors (Lipinski definition) is 2. The standard InChI is InChI=1S/C19H19F2N3O2/c1-12-8-9-24(23-12)15-5-2-13(3-6-15)19(26)22-11-18(25)14-4-7-16(20)17(21)10-14/h2-7,10,18,25H,8-9,11H2,1H3,(H,22,26). The highest BCUT2D eigenvalue weighted by Crippen LogP contribution is 2.20. The summed E-state index contributed by atoms with van der Waals surface area (Å²) in [6.45, 7) is 2.68. The topological polar surface area (TPSA) is 64.9 Å². The van der Waals surface area contributed by atoms with Gasteiger partial charge < -0.3 is 10.4 Å². The Hall–Kier alpha value is -2.80. The maximum absolute atomic E-state index is 13.2. The summed E-state index contributed by atoms with van der Waals surface area (Å²) >= 11 is 0. The van der Waals surface area contributed by atoms with Crippen molar-refractivity contribution in [2.45, 2.75) is 19.4 Å². The van der Waals surface area contributed by atoms with Gasteiger partial charge in [-0.05, 0) is 48.9 Å². The molecule has 0 aliphatic carbocycles. The van der Waals surface area contributed by atoms with Gasteiger partial charge in [0.2, 0.25) is 0 Å². The van der Waals surface area contributed by atoms with E-state index in [1.165, 1.54) is 6.07 Å². The largest absolute Gasteiger partial charge is 0.387 e. The Bertz CT molecular complexity index is 837. The van der Waals surface area contributed by atoms with Crippen molar-refractivity contribution < 1.29 is 18.7 Å². The minimum atomic E-state index is -1.13. The van der Waals surface area contributed by atoms with Crippen LogP contribution in [-0.4, -0.2) is 29.8 Å². The molecule has 0 radical (unpaired) electrons. The minimum absolute atomic E-state index is 0.110. The lowest BCUT2D eigenvalue weighted by Gasteiger charge is -2.15. The number of halogens is 2. The van der Waals surface area contributed by atoms with Crippen LogP contribution in [0.4, 0.5) is 14.5 Å². The molecule has 1 amide bonds. The SMILES string of the molecule is CC1=NN(c2ccc(C(=O)NCC(O)c3ccc(F)c(F)c3)cc2)CC1. The van der Waals surface area contributed by atoms with Crippen LogP contribution in [0.3, 0.4) is 0 Å². The Labute approximate surface area is 149 Å². The number of aliphatic hydroxyl groups excluding tert-OH is 1. The molecule has 7 heteroatoms. The van der Waals surface area contributed by atoms with Crippen LogP contribution in [0.2, 0.25) is 0 Å². The molecule has 26 heavy (non-hydrogen) atoms. The molecule has 2 N–H and O–H groups in total. The van der Waals surface area contributed by atoms with Crippen LogP contribution in [-0.2, 0) is 0 Å². The van der Waals surface area contributed by atoms with Gasteiger partial charge in [-0.15, -0.1) is 0 Å². The van der Waals surface area contributed by atoms with Gasteiger partial charge in [-0.2, -0.15) is 5.10 Å². The van der Waals surface area contributed by atoms with Crippen molar-refractivity contribution in [3.05, 3.63) is 65.2 Å². The summed E-state index contributed by atoms with van der Waals surface area (Å²) in [6, 6.07) is 10.1. The molecule has 1 aliphatic heterocycles. The molecule has 2 aromatic rings. The van der Waals surface area contributed by atoms with Gasteiger partial charge in [0.05, 0.1) is 11.8 Å². The van der Waals surface area contributed by atoms with E-state index in [4.69, 9.17) is 0 Å². The summed E-state index contributed by atoms with van der Waals surface area (Å²) in [5.74, 6) is -2.38. The lowest BCUT2D eigenvalue weighted by molar-refractivity contribution is 0.0916. The summed E-state index contributed by atoms with van der Waals surface area (Å²) in [5.41, 5.74) is 2.60. The molecule has 1 atom stereocenters. The second kappa shape index (κ2) is 7.61. The highest BCUT2D eigenvalue weighted by molar-refractivity contribution is 5.94. The number of amides is 1. The van der Waals surface area contributed by atoms with Crippen molar-refractivity contribution in [2.75, 3.05) is 18.1 Å². The molecule has 0 spiro atoms. The second-order valence-corrected chi connectivity index (χ2v) is 6.15. The van der Waals surface area contributed by atoms with Crippen LogP contribution < -0.4 is 10.3 Å². The van der Waals surface area contributed by atoms with E-state index in [9.17, 15) is 18.7 Å². The number of nitrogens with zero attached hydrogens (tertiary/aromatic N) is 2. The van der Waals surface area contributed by atoms with E-state index in [1.807, 2.05) is 24.1 Å². The van der Waals surface area contributed by atoms with Crippen LogP contribution >= 0.6 is 0 Å². The van der Waals surface area contributed by atoms with Crippen LogP contribution in [0.15, 0.2) is 47.6 Å². The first-order valence-corrected chi connectivity index (χ1v) is 8.27.